The number of phenols is 1. The molecule has 10 nitrogen and oxygen atoms in total. The van der Waals surface area contributed by atoms with E-state index >= 15 is 0 Å². The highest BCUT2D eigenvalue weighted by Crippen LogP contribution is 2.74. The molecule has 2 bridgehead atoms. The predicted octanol–water partition coefficient (Wildman–Crippen LogP) is 2.61. The van der Waals surface area contributed by atoms with Crippen LogP contribution in [0, 0.1) is 11.3 Å². The molecule has 2 N–H and O–H groups in total. The van der Waals surface area contributed by atoms with Gasteiger partial charge in [-0.1, -0.05) is 30.3 Å². The highest BCUT2D eigenvalue weighted by molar-refractivity contribution is 5.92. The number of benzene rings is 2. The van der Waals surface area contributed by atoms with Crippen LogP contribution < -0.4 is 5.32 Å². The average Bonchev–Trinajstić information content (AvgIpc) is 3.34. The summed E-state index contributed by atoms with van der Waals surface area (Å²) in [7, 11) is 3.26. The van der Waals surface area contributed by atoms with Gasteiger partial charge in [-0.3, -0.25) is 14.5 Å². The molecule has 4 aliphatic heterocycles. The molecule has 1 spiro atoms. The number of phenolic OH excluding ortho intramolecular Hbond substituents is 1. The van der Waals surface area contributed by atoms with Crippen molar-refractivity contribution in [3.8, 4) is 5.75 Å². The minimum absolute atomic E-state index is 0.0218. The number of likely N-dealkylation sites (N-methyl/N-ethyl adjacent to an activating group) is 1. The topological polar surface area (TPSA) is 127 Å². The van der Waals surface area contributed by atoms with E-state index in [9.17, 15) is 19.5 Å². The van der Waals surface area contributed by atoms with Crippen LogP contribution in [0.2, 0.25) is 0 Å². The van der Waals surface area contributed by atoms with Gasteiger partial charge in [0.15, 0.2) is 0 Å². The Morgan fingerprint density at radius 3 is 2.68 bits per heavy atom. The second kappa shape index (κ2) is 8.56. The number of hydrogen-bond acceptors (Lipinski definition) is 10. The standard InChI is InChI=1S/C31H32N2O8/c1-18-29(40-18)16-33(2)24-14-23(29)28(27(37)38-3,17-39-25(35)12-9-19-7-5-4-6-8-19)30-15-26(36)41-31(24,30)32-22-11-10-20(34)13-21(22)30/h4-13,18,23-24,32,34H,14-17H2,1-3H3/t18-,23+,24?,28+,29+,30+,31+/m1/s1. The van der Waals surface area contributed by atoms with Gasteiger partial charge in [0, 0.05) is 24.2 Å². The van der Waals surface area contributed by atoms with Crippen LogP contribution in [0.25, 0.3) is 6.08 Å². The van der Waals surface area contributed by atoms with Crippen LogP contribution in [0.15, 0.2) is 54.6 Å². The minimum atomic E-state index is -1.58. The summed E-state index contributed by atoms with van der Waals surface area (Å²) in [6.07, 6.45) is 3.04. The van der Waals surface area contributed by atoms with Crippen LogP contribution in [0.3, 0.4) is 0 Å². The first-order chi connectivity index (χ1) is 19.6. The van der Waals surface area contributed by atoms with E-state index in [-0.39, 0.29) is 30.9 Å². The highest BCUT2D eigenvalue weighted by atomic mass is 16.6. The van der Waals surface area contributed by atoms with Crippen LogP contribution in [0.4, 0.5) is 5.69 Å². The van der Waals surface area contributed by atoms with E-state index in [1.807, 2.05) is 44.3 Å². The lowest BCUT2D eigenvalue weighted by atomic mass is 9.42. The van der Waals surface area contributed by atoms with Crippen LogP contribution in [-0.2, 0) is 38.7 Å². The van der Waals surface area contributed by atoms with Crippen LogP contribution in [0.1, 0.15) is 30.9 Å². The van der Waals surface area contributed by atoms with Crippen molar-refractivity contribution in [2.75, 3.05) is 32.6 Å². The van der Waals surface area contributed by atoms with E-state index in [2.05, 4.69) is 10.2 Å². The van der Waals surface area contributed by atoms with Crippen molar-refractivity contribution < 1.29 is 38.4 Å². The molecule has 4 heterocycles. The molecular weight excluding hydrogens is 528 g/mol. The quantitative estimate of drug-likeness (QED) is 0.185. The second-order valence-corrected chi connectivity index (χ2v) is 11.9. The summed E-state index contributed by atoms with van der Waals surface area (Å²) in [5.74, 6) is -2.25. The zero-order valence-corrected chi connectivity index (χ0v) is 23.1. The van der Waals surface area contributed by atoms with Crippen molar-refractivity contribution in [3.05, 3.63) is 65.7 Å². The minimum Gasteiger partial charge on any atom is -0.508 e. The molecule has 1 unspecified atom stereocenters. The molecule has 7 rings (SSSR count). The van der Waals surface area contributed by atoms with Crippen molar-refractivity contribution in [2.45, 2.75) is 48.7 Å². The number of carbonyl (C=O) groups is 3. The zero-order chi connectivity index (χ0) is 28.8. The Bertz CT molecular complexity index is 1490. The molecule has 7 atom stereocenters. The molecule has 3 saturated heterocycles. The van der Waals surface area contributed by atoms with Gasteiger partial charge in [-0.15, -0.1) is 0 Å². The van der Waals surface area contributed by atoms with Gasteiger partial charge in [-0.25, -0.2) is 4.79 Å². The van der Waals surface area contributed by atoms with Gasteiger partial charge < -0.3 is 29.4 Å². The summed E-state index contributed by atoms with van der Waals surface area (Å²) in [6.45, 7) is 2.09. The van der Waals surface area contributed by atoms with Crippen molar-refractivity contribution in [2.24, 2.45) is 11.3 Å². The highest BCUT2D eigenvalue weighted by Gasteiger charge is 2.88. The third-order valence-electron chi connectivity index (χ3n) is 10.2. The molecule has 2 aromatic carbocycles. The maximum Gasteiger partial charge on any atom is 0.330 e. The molecule has 2 aromatic rings. The molecule has 10 heteroatoms. The van der Waals surface area contributed by atoms with E-state index in [4.69, 9.17) is 18.9 Å². The van der Waals surface area contributed by atoms with E-state index in [0.717, 1.165) is 5.56 Å². The number of anilines is 1. The molecule has 4 fully saturated rings. The first-order valence-electron chi connectivity index (χ1n) is 13.8. The molecule has 0 aromatic heterocycles. The van der Waals surface area contributed by atoms with Crippen LogP contribution >= 0.6 is 0 Å². The first-order valence-corrected chi connectivity index (χ1v) is 13.8. The second-order valence-electron chi connectivity index (χ2n) is 11.9. The SMILES string of the molecule is COC(=O)[C@]1(COC(=O)C=Cc2ccccc2)[C@@H]2CC(N(C)C[C@@]23O[C@@H]3C)[C@@]23Nc4ccc(O)cc4[C@]21CC(=O)O3. The number of aromatic hydroxyl groups is 1. The number of likely N-dealkylation sites (tertiary alicyclic amines) is 1. The number of esters is 3. The summed E-state index contributed by atoms with van der Waals surface area (Å²) in [4.78, 5) is 43.1. The van der Waals surface area contributed by atoms with Crippen molar-refractivity contribution in [1.82, 2.24) is 4.90 Å². The number of carbonyl (C=O) groups excluding carboxylic acids is 3. The number of ether oxygens (including phenoxy) is 4. The lowest BCUT2D eigenvalue weighted by Gasteiger charge is -2.64. The van der Waals surface area contributed by atoms with Gasteiger partial charge in [-0.05, 0) is 55.8 Å². The Labute approximate surface area is 237 Å². The maximum atomic E-state index is 14.4. The van der Waals surface area contributed by atoms with Crippen LogP contribution in [-0.4, -0.2) is 78.7 Å². The number of nitrogens with one attached hydrogen (secondary N) is 1. The van der Waals surface area contributed by atoms with Gasteiger partial charge in [-0.2, -0.15) is 0 Å². The Hall–Kier alpha value is -3.89. The van der Waals surface area contributed by atoms with Gasteiger partial charge >= 0.3 is 17.9 Å². The van der Waals surface area contributed by atoms with E-state index in [1.54, 1.807) is 24.3 Å². The normalized spacial score (nSPS) is 38.0. The molecule has 1 aliphatic carbocycles. The van der Waals surface area contributed by atoms with E-state index in [0.29, 0.717) is 24.2 Å². The zero-order valence-electron chi connectivity index (χ0n) is 23.1. The maximum absolute atomic E-state index is 14.4. The number of epoxide rings is 1. The average molecular weight is 561 g/mol. The number of methoxy groups -OCH3 is 1. The molecular formula is C31H32N2O8. The Balaban J connectivity index is 1.42. The van der Waals surface area contributed by atoms with Crippen molar-refractivity contribution >= 4 is 29.7 Å². The van der Waals surface area contributed by atoms with Crippen molar-refractivity contribution in [1.29, 1.82) is 0 Å². The van der Waals surface area contributed by atoms with Crippen molar-refractivity contribution in [3.63, 3.8) is 0 Å². The molecule has 0 radical (unpaired) electrons. The third-order valence-corrected chi connectivity index (χ3v) is 10.2. The van der Waals surface area contributed by atoms with E-state index < -0.39 is 46.0 Å². The first kappa shape index (κ1) is 26.0. The molecule has 41 heavy (non-hydrogen) atoms. The largest absolute Gasteiger partial charge is 0.508 e. The molecule has 1 saturated carbocycles. The van der Waals surface area contributed by atoms with E-state index in [1.165, 1.54) is 13.2 Å². The van der Waals surface area contributed by atoms with Gasteiger partial charge in [0.2, 0.25) is 5.72 Å². The summed E-state index contributed by atoms with van der Waals surface area (Å²) in [6, 6.07) is 13.8. The molecule has 214 valence electrons. The lowest BCUT2D eigenvalue weighted by molar-refractivity contribution is -0.226. The van der Waals surface area contributed by atoms with Gasteiger partial charge in [0.1, 0.15) is 23.4 Å². The number of rotatable bonds is 5. The summed E-state index contributed by atoms with van der Waals surface area (Å²) in [5.41, 5.74) is -3.04. The van der Waals surface area contributed by atoms with Gasteiger partial charge in [0.05, 0.1) is 31.1 Å². The predicted molar refractivity (Wildman–Crippen MR) is 146 cm³/mol. The van der Waals surface area contributed by atoms with Gasteiger partial charge in [0.25, 0.3) is 0 Å². The third kappa shape index (κ3) is 3.17. The fourth-order valence-electron chi connectivity index (χ4n) is 8.61. The number of fused-ring (bicyclic) bond motifs is 4. The molecule has 0 amide bonds. The Kier molecular flexibility index (Phi) is 5.44. The summed E-state index contributed by atoms with van der Waals surface area (Å²) in [5, 5.41) is 14.1. The fraction of sp³-hybridized carbons (Fsp3) is 0.452. The Morgan fingerprint density at radius 1 is 1.22 bits per heavy atom. The number of nitrogens with zero attached hydrogens (tertiary/aromatic N) is 1. The fourth-order valence-corrected chi connectivity index (χ4v) is 8.61. The number of piperidine rings is 1. The lowest BCUT2D eigenvalue weighted by Crippen LogP contribution is -2.80. The summed E-state index contributed by atoms with van der Waals surface area (Å²) < 4.78 is 24.0. The van der Waals surface area contributed by atoms with Crippen LogP contribution in [0.5, 0.6) is 5.75 Å². The summed E-state index contributed by atoms with van der Waals surface area (Å²) >= 11 is 0. The monoisotopic (exact) mass is 560 g/mol. The number of hydrogen-bond donors (Lipinski definition) is 2. The smallest absolute Gasteiger partial charge is 0.330 e. The Morgan fingerprint density at radius 2 is 1.98 bits per heavy atom. The molecule has 5 aliphatic rings.